The van der Waals surface area contributed by atoms with Crippen LogP contribution in [0, 0.1) is 5.41 Å². The van der Waals surface area contributed by atoms with Gasteiger partial charge in [-0.05, 0) is 37.0 Å². The second kappa shape index (κ2) is 3.58. The van der Waals surface area contributed by atoms with E-state index in [9.17, 15) is 4.79 Å². The van der Waals surface area contributed by atoms with Gasteiger partial charge < -0.3 is 9.72 Å². The maximum absolute atomic E-state index is 11.7. The zero-order valence-electron chi connectivity index (χ0n) is 9.69. The first kappa shape index (κ1) is 10.3. The van der Waals surface area contributed by atoms with E-state index in [2.05, 4.69) is 16.0 Å². The molecule has 1 N–H and O–H groups in total. The van der Waals surface area contributed by atoms with Crippen LogP contribution < -0.4 is 0 Å². The minimum Gasteiger partial charge on any atom is -0.469 e. The number of carbonyl (C=O) groups excluding carboxylic acids is 1. The summed E-state index contributed by atoms with van der Waals surface area (Å²) in [5, 5.41) is 0. The summed E-state index contributed by atoms with van der Waals surface area (Å²) in [7, 11) is 1.46. The van der Waals surface area contributed by atoms with Crippen molar-refractivity contribution in [3.8, 4) is 0 Å². The summed E-state index contributed by atoms with van der Waals surface area (Å²) in [6.45, 7) is 0. The minimum atomic E-state index is -0.261. The number of H-pyrrole nitrogens is 1. The summed E-state index contributed by atoms with van der Waals surface area (Å²) in [5.41, 5.74) is 2.87. The topological polar surface area (TPSA) is 55.0 Å². The number of imidazole rings is 1. The Morgan fingerprint density at radius 2 is 2.35 bits per heavy atom. The van der Waals surface area contributed by atoms with Crippen molar-refractivity contribution in [2.75, 3.05) is 7.11 Å². The van der Waals surface area contributed by atoms with Gasteiger partial charge in [0, 0.05) is 0 Å². The Kier molecular flexibility index (Phi) is 2.18. The van der Waals surface area contributed by atoms with Crippen molar-refractivity contribution in [3.05, 3.63) is 30.1 Å². The molecule has 0 saturated heterocycles. The maximum atomic E-state index is 11.7. The molecule has 0 unspecified atom stereocenters. The Labute approximate surface area is 99.0 Å². The fourth-order valence-corrected chi connectivity index (χ4v) is 2.30. The molecule has 1 aromatic heterocycles. The molecule has 2 aromatic rings. The number of ether oxygens (including phenoxy) is 1. The summed E-state index contributed by atoms with van der Waals surface area (Å²) in [6.07, 6.45) is 4.30. The number of aromatic nitrogens is 2. The van der Waals surface area contributed by atoms with Gasteiger partial charge in [-0.3, -0.25) is 4.79 Å². The molecule has 0 atom stereocenters. The lowest BCUT2D eigenvalue weighted by atomic mass is 9.96. The fraction of sp³-hybridized carbons (Fsp3) is 0.385. The summed E-state index contributed by atoms with van der Waals surface area (Å²) >= 11 is 0. The number of hydrogen-bond donors (Lipinski definition) is 1. The van der Waals surface area contributed by atoms with E-state index in [0.29, 0.717) is 0 Å². The number of fused-ring (bicyclic) bond motifs is 1. The molecule has 1 fully saturated rings. The number of hydrogen-bond acceptors (Lipinski definition) is 3. The van der Waals surface area contributed by atoms with Gasteiger partial charge in [0.15, 0.2) is 0 Å². The van der Waals surface area contributed by atoms with Crippen LogP contribution in [0.1, 0.15) is 18.4 Å². The van der Waals surface area contributed by atoms with E-state index in [0.717, 1.165) is 35.9 Å². The largest absolute Gasteiger partial charge is 0.469 e. The molecular formula is C13H14N2O2. The van der Waals surface area contributed by atoms with Crippen LogP contribution in [0.5, 0.6) is 0 Å². The Bertz CT molecular complexity index is 570. The van der Waals surface area contributed by atoms with Crippen molar-refractivity contribution in [3.63, 3.8) is 0 Å². The first-order valence-electron chi connectivity index (χ1n) is 5.74. The van der Waals surface area contributed by atoms with Crippen molar-refractivity contribution in [1.29, 1.82) is 0 Å². The van der Waals surface area contributed by atoms with Crippen molar-refractivity contribution < 1.29 is 9.53 Å². The molecule has 1 saturated carbocycles. The molecule has 4 heteroatoms. The van der Waals surface area contributed by atoms with Crippen molar-refractivity contribution >= 4 is 17.0 Å². The lowest BCUT2D eigenvalue weighted by Crippen LogP contribution is -2.19. The number of carbonyl (C=O) groups is 1. The zero-order chi connectivity index (χ0) is 11.9. The Balaban J connectivity index is 1.87. The molecule has 0 spiro atoms. The van der Waals surface area contributed by atoms with Crippen LogP contribution in [0.3, 0.4) is 0 Å². The second-order valence-electron chi connectivity index (χ2n) is 4.70. The normalized spacial score (nSPS) is 17.0. The Morgan fingerprint density at radius 1 is 1.53 bits per heavy atom. The predicted octanol–water partition coefficient (Wildman–Crippen LogP) is 2.06. The van der Waals surface area contributed by atoms with Gasteiger partial charge in [-0.15, -0.1) is 0 Å². The van der Waals surface area contributed by atoms with Crippen LogP contribution in [0.2, 0.25) is 0 Å². The van der Waals surface area contributed by atoms with Gasteiger partial charge in [-0.1, -0.05) is 6.07 Å². The fourth-order valence-electron chi connectivity index (χ4n) is 2.30. The highest BCUT2D eigenvalue weighted by molar-refractivity contribution is 5.81. The van der Waals surface area contributed by atoms with E-state index < -0.39 is 0 Å². The lowest BCUT2D eigenvalue weighted by Gasteiger charge is -2.12. The third-order valence-corrected chi connectivity index (χ3v) is 3.50. The standard InChI is InChI=1S/C13H14N2O2/c1-17-12(16)13(4-5-13)7-9-2-3-10-11(6-9)15-8-14-10/h2-3,6,8H,4-5,7H2,1H3,(H,14,15). The monoisotopic (exact) mass is 230 g/mol. The van der Waals surface area contributed by atoms with Crippen LogP contribution in [0.25, 0.3) is 11.0 Å². The number of rotatable bonds is 3. The van der Waals surface area contributed by atoms with Crippen LogP contribution >= 0.6 is 0 Å². The highest BCUT2D eigenvalue weighted by atomic mass is 16.5. The molecule has 0 aliphatic heterocycles. The van der Waals surface area contributed by atoms with Gasteiger partial charge in [0.05, 0.1) is 29.9 Å². The molecule has 1 aliphatic carbocycles. The van der Waals surface area contributed by atoms with Gasteiger partial charge in [0.1, 0.15) is 0 Å². The van der Waals surface area contributed by atoms with E-state index in [4.69, 9.17) is 4.74 Å². The van der Waals surface area contributed by atoms with Gasteiger partial charge in [0.25, 0.3) is 0 Å². The Morgan fingerprint density at radius 3 is 3.06 bits per heavy atom. The summed E-state index contributed by atoms with van der Waals surface area (Å²) in [4.78, 5) is 18.9. The predicted molar refractivity (Wildman–Crippen MR) is 63.5 cm³/mol. The summed E-state index contributed by atoms with van der Waals surface area (Å²) in [5.74, 6) is -0.0813. The van der Waals surface area contributed by atoms with Crippen molar-refractivity contribution in [2.24, 2.45) is 5.41 Å². The van der Waals surface area contributed by atoms with Crippen molar-refractivity contribution in [2.45, 2.75) is 19.3 Å². The average molecular weight is 230 g/mol. The van der Waals surface area contributed by atoms with E-state index in [-0.39, 0.29) is 11.4 Å². The maximum Gasteiger partial charge on any atom is 0.312 e. The molecule has 4 nitrogen and oxygen atoms in total. The highest BCUT2D eigenvalue weighted by Crippen LogP contribution is 2.49. The van der Waals surface area contributed by atoms with Crippen LogP contribution in [0.4, 0.5) is 0 Å². The molecule has 0 amide bonds. The second-order valence-corrected chi connectivity index (χ2v) is 4.70. The number of aromatic amines is 1. The molecule has 17 heavy (non-hydrogen) atoms. The number of nitrogens with zero attached hydrogens (tertiary/aromatic N) is 1. The van der Waals surface area contributed by atoms with Crippen LogP contribution in [-0.2, 0) is 16.0 Å². The van der Waals surface area contributed by atoms with Crippen molar-refractivity contribution in [1.82, 2.24) is 9.97 Å². The molecule has 0 radical (unpaired) electrons. The van der Waals surface area contributed by atoms with E-state index in [1.165, 1.54) is 7.11 Å². The molecular weight excluding hydrogens is 216 g/mol. The van der Waals surface area contributed by atoms with E-state index in [1.54, 1.807) is 6.33 Å². The zero-order valence-corrected chi connectivity index (χ0v) is 9.69. The molecule has 1 heterocycles. The molecule has 1 aliphatic rings. The SMILES string of the molecule is COC(=O)C1(Cc2ccc3nc[nH]c3c2)CC1. The first-order valence-corrected chi connectivity index (χ1v) is 5.74. The van der Waals surface area contributed by atoms with Gasteiger partial charge in [-0.25, -0.2) is 4.98 Å². The number of nitrogens with one attached hydrogen (secondary N) is 1. The Hall–Kier alpha value is -1.84. The third kappa shape index (κ3) is 1.69. The molecule has 88 valence electrons. The van der Waals surface area contributed by atoms with Gasteiger partial charge in [-0.2, -0.15) is 0 Å². The molecule has 0 bridgehead atoms. The lowest BCUT2D eigenvalue weighted by molar-refractivity contribution is -0.147. The van der Waals surface area contributed by atoms with Crippen LogP contribution in [0.15, 0.2) is 24.5 Å². The number of benzene rings is 1. The molecule has 1 aromatic carbocycles. The highest BCUT2D eigenvalue weighted by Gasteiger charge is 2.50. The summed E-state index contributed by atoms with van der Waals surface area (Å²) < 4.78 is 4.86. The molecule has 3 rings (SSSR count). The number of esters is 1. The van der Waals surface area contributed by atoms with Gasteiger partial charge in [0.2, 0.25) is 0 Å². The van der Waals surface area contributed by atoms with Gasteiger partial charge >= 0.3 is 5.97 Å². The third-order valence-electron chi connectivity index (χ3n) is 3.50. The van der Waals surface area contributed by atoms with E-state index >= 15 is 0 Å². The summed E-state index contributed by atoms with van der Waals surface area (Å²) in [6, 6.07) is 6.08. The minimum absolute atomic E-state index is 0.0813. The quantitative estimate of drug-likeness (QED) is 0.821. The van der Waals surface area contributed by atoms with Crippen LogP contribution in [-0.4, -0.2) is 23.0 Å². The number of methoxy groups -OCH3 is 1. The van der Waals surface area contributed by atoms with E-state index in [1.807, 2.05) is 12.1 Å². The smallest absolute Gasteiger partial charge is 0.312 e. The average Bonchev–Trinajstić information content (AvgIpc) is 2.97. The first-order chi connectivity index (χ1) is 8.23.